The van der Waals surface area contributed by atoms with Crippen molar-refractivity contribution in [2.24, 2.45) is 0 Å². The van der Waals surface area contributed by atoms with E-state index in [2.05, 4.69) is 19.9 Å². The number of H-pyrrole nitrogens is 1. The number of benzene rings is 1. The van der Waals surface area contributed by atoms with Crippen LogP contribution < -0.4 is 5.56 Å². The molecule has 0 saturated carbocycles. The summed E-state index contributed by atoms with van der Waals surface area (Å²) >= 11 is 3.35. The predicted molar refractivity (Wildman–Crippen MR) is 81.2 cm³/mol. The lowest BCUT2D eigenvalue weighted by Gasteiger charge is -2.04. The molecule has 0 bridgehead atoms. The second-order valence-corrected chi connectivity index (χ2v) is 5.71. The van der Waals surface area contributed by atoms with Crippen LogP contribution in [0.2, 0.25) is 0 Å². The first-order chi connectivity index (χ1) is 9.25. The molecule has 0 aliphatic rings. The van der Waals surface area contributed by atoms with E-state index in [1.54, 1.807) is 0 Å². The van der Waals surface area contributed by atoms with E-state index in [0.717, 1.165) is 15.9 Å². The summed E-state index contributed by atoms with van der Waals surface area (Å²) in [4.78, 5) is 26.7. The largest absolute Gasteiger partial charge is 0.312 e. The summed E-state index contributed by atoms with van der Waals surface area (Å²) in [6.45, 7) is 0. The Morgan fingerprint density at radius 2 is 1.95 bits per heavy atom. The number of nitrogens with one attached hydrogen (secondary N) is 1. The third-order valence-electron chi connectivity index (χ3n) is 2.46. The number of para-hydroxylation sites is 1. The van der Waals surface area contributed by atoms with Gasteiger partial charge >= 0.3 is 0 Å². The Kier molecular flexibility index (Phi) is 3.47. The van der Waals surface area contributed by atoms with Crippen molar-refractivity contribution in [3.63, 3.8) is 0 Å². The molecule has 1 aromatic carbocycles. The van der Waals surface area contributed by atoms with Gasteiger partial charge in [0.05, 0.1) is 11.8 Å². The average molecular weight is 382 g/mol. The molecule has 3 aromatic rings. The molecule has 5 nitrogen and oxygen atoms in total. The molecule has 0 unspecified atom stereocenters. The van der Waals surface area contributed by atoms with E-state index < -0.39 is 0 Å². The molecule has 2 heterocycles. The molecule has 2 aromatic heterocycles. The Morgan fingerprint density at radius 3 is 2.84 bits per heavy atom. The molecule has 0 amide bonds. The molecule has 0 spiro atoms. The van der Waals surface area contributed by atoms with Gasteiger partial charge in [-0.15, -0.1) is 0 Å². The van der Waals surface area contributed by atoms with Crippen LogP contribution in [0, 0.1) is 3.57 Å². The van der Waals surface area contributed by atoms with Crippen molar-refractivity contribution in [1.29, 1.82) is 0 Å². The van der Waals surface area contributed by atoms with E-state index in [1.165, 1.54) is 24.4 Å². The normalized spacial score (nSPS) is 10.8. The number of rotatable bonds is 2. The minimum absolute atomic E-state index is 0.142. The van der Waals surface area contributed by atoms with Crippen molar-refractivity contribution >= 4 is 45.3 Å². The predicted octanol–water partition coefficient (Wildman–Crippen LogP) is 2.47. The van der Waals surface area contributed by atoms with Crippen LogP contribution in [0.5, 0.6) is 0 Å². The Morgan fingerprint density at radius 1 is 1.11 bits per heavy atom. The fourth-order valence-corrected chi connectivity index (χ4v) is 3.07. The molecule has 0 atom stereocenters. The molecule has 0 aliphatic heterocycles. The Hall–Kier alpha value is -1.48. The highest BCUT2D eigenvalue weighted by Crippen LogP contribution is 2.30. The molecule has 0 fully saturated rings. The third kappa shape index (κ3) is 2.47. The number of fused-ring (bicyclic) bond motifs is 1. The third-order valence-corrected chi connectivity index (χ3v) is 4.85. The summed E-state index contributed by atoms with van der Waals surface area (Å²) < 4.78 is 0.563. The summed E-state index contributed by atoms with van der Waals surface area (Å²) in [7, 11) is 0. The summed E-state index contributed by atoms with van der Waals surface area (Å²) in [5.74, 6) is 0. The molecule has 1 N–H and O–H groups in total. The van der Waals surface area contributed by atoms with E-state index >= 15 is 0 Å². The van der Waals surface area contributed by atoms with E-state index in [-0.39, 0.29) is 5.56 Å². The van der Waals surface area contributed by atoms with Gasteiger partial charge < -0.3 is 4.98 Å². The van der Waals surface area contributed by atoms with Gasteiger partial charge in [0.15, 0.2) is 0 Å². The van der Waals surface area contributed by atoms with Crippen LogP contribution in [0.1, 0.15) is 0 Å². The second kappa shape index (κ2) is 5.25. The molecular formula is C12H7IN4OS. The minimum atomic E-state index is -0.142. The first-order valence-corrected chi connectivity index (χ1v) is 7.26. The number of hydrogen-bond donors (Lipinski definition) is 1. The van der Waals surface area contributed by atoms with Gasteiger partial charge in [0.1, 0.15) is 19.9 Å². The van der Waals surface area contributed by atoms with Crippen LogP contribution in [-0.2, 0) is 0 Å². The van der Waals surface area contributed by atoms with Gasteiger partial charge in [-0.2, -0.15) is 0 Å². The van der Waals surface area contributed by atoms with Gasteiger partial charge in [0, 0.05) is 5.39 Å². The Labute approximate surface area is 126 Å². The summed E-state index contributed by atoms with van der Waals surface area (Å²) in [6, 6.07) is 7.75. The van der Waals surface area contributed by atoms with Crippen molar-refractivity contribution in [3.8, 4) is 0 Å². The number of aromatic nitrogens is 4. The maximum absolute atomic E-state index is 11.5. The van der Waals surface area contributed by atoms with E-state index in [4.69, 9.17) is 0 Å². The molecule has 0 aliphatic carbocycles. The molecule has 0 saturated heterocycles. The molecule has 94 valence electrons. The van der Waals surface area contributed by atoms with Gasteiger partial charge in [0.2, 0.25) is 0 Å². The summed E-state index contributed by atoms with van der Waals surface area (Å²) in [5.41, 5.74) is 0.733. The summed E-state index contributed by atoms with van der Waals surface area (Å²) in [5, 5.41) is 2.39. The quantitative estimate of drug-likeness (QED) is 0.545. The van der Waals surface area contributed by atoms with Crippen LogP contribution in [0.15, 0.2) is 51.8 Å². The molecular weight excluding hydrogens is 375 g/mol. The van der Waals surface area contributed by atoms with Crippen LogP contribution in [0.3, 0.4) is 0 Å². The molecule has 0 radical (unpaired) electrons. The highest BCUT2D eigenvalue weighted by atomic mass is 127. The topological polar surface area (TPSA) is 71.5 Å². The van der Waals surface area contributed by atoms with Crippen molar-refractivity contribution < 1.29 is 0 Å². The number of nitrogens with zero attached hydrogens (tertiary/aromatic N) is 3. The highest BCUT2D eigenvalue weighted by molar-refractivity contribution is 14.1. The van der Waals surface area contributed by atoms with E-state index in [0.29, 0.717) is 8.60 Å². The first kappa shape index (κ1) is 12.5. The maximum Gasteiger partial charge on any atom is 0.265 e. The zero-order valence-electron chi connectivity index (χ0n) is 9.50. The Balaban J connectivity index is 2.11. The van der Waals surface area contributed by atoms with Gasteiger partial charge in [-0.3, -0.25) is 4.79 Å². The van der Waals surface area contributed by atoms with Crippen molar-refractivity contribution in [1.82, 2.24) is 19.9 Å². The van der Waals surface area contributed by atoms with Gasteiger partial charge in [-0.05, 0) is 40.4 Å². The number of hydrogen-bond acceptors (Lipinski definition) is 5. The molecule has 3 rings (SSSR count). The van der Waals surface area contributed by atoms with Crippen molar-refractivity contribution in [2.75, 3.05) is 0 Å². The lowest BCUT2D eigenvalue weighted by molar-refractivity contribution is 0.982. The van der Waals surface area contributed by atoms with Crippen LogP contribution in [-0.4, -0.2) is 19.9 Å². The standard InChI is InChI=1S/C12H7IN4OS/c13-9-10(18)15-6-17-12(9)19-11-7-3-1-2-4-8(7)14-5-16-11/h1-6H,(H,15,17,18). The SMILES string of the molecule is O=c1[nH]cnc(Sc2ncnc3ccccc23)c1I. The maximum atomic E-state index is 11.5. The fourth-order valence-electron chi connectivity index (χ4n) is 1.59. The van der Waals surface area contributed by atoms with Gasteiger partial charge in [-0.25, -0.2) is 15.0 Å². The van der Waals surface area contributed by atoms with Crippen LogP contribution >= 0.6 is 34.4 Å². The number of aromatic amines is 1. The lowest BCUT2D eigenvalue weighted by atomic mass is 10.2. The first-order valence-electron chi connectivity index (χ1n) is 5.36. The highest BCUT2D eigenvalue weighted by Gasteiger charge is 2.10. The van der Waals surface area contributed by atoms with Crippen molar-refractivity contribution in [3.05, 3.63) is 50.8 Å². The zero-order valence-corrected chi connectivity index (χ0v) is 12.5. The average Bonchev–Trinajstić information content (AvgIpc) is 2.44. The zero-order chi connectivity index (χ0) is 13.2. The van der Waals surface area contributed by atoms with E-state index in [1.807, 2.05) is 46.9 Å². The number of halogens is 1. The van der Waals surface area contributed by atoms with Crippen LogP contribution in [0.25, 0.3) is 10.9 Å². The Bertz CT molecular complexity index is 800. The smallest absolute Gasteiger partial charge is 0.265 e. The second-order valence-electron chi connectivity index (χ2n) is 3.65. The fraction of sp³-hybridized carbons (Fsp3) is 0. The summed E-state index contributed by atoms with van der Waals surface area (Å²) in [6.07, 6.45) is 2.92. The van der Waals surface area contributed by atoms with Gasteiger partial charge in [0.25, 0.3) is 5.56 Å². The van der Waals surface area contributed by atoms with Crippen molar-refractivity contribution in [2.45, 2.75) is 10.1 Å². The van der Waals surface area contributed by atoms with Crippen LogP contribution in [0.4, 0.5) is 0 Å². The van der Waals surface area contributed by atoms with Gasteiger partial charge in [-0.1, -0.05) is 18.2 Å². The molecule has 19 heavy (non-hydrogen) atoms. The monoisotopic (exact) mass is 382 g/mol. The molecule has 7 heteroatoms. The lowest BCUT2D eigenvalue weighted by Crippen LogP contribution is -2.11. The minimum Gasteiger partial charge on any atom is -0.312 e. The van der Waals surface area contributed by atoms with E-state index in [9.17, 15) is 4.79 Å².